The second-order valence-corrected chi connectivity index (χ2v) is 7.41. The Morgan fingerprint density at radius 2 is 1.95 bits per heavy atom. The van der Waals surface area contributed by atoms with E-state index < -0.39 is 0 Å². The topological polar surface area (TPSA) is 57.8 Å². The molecule has 114 valence electrons. The molecule has 0 bridgehead atoms. The zero-order valence-corrected chi connectivity index (χ0v) is 14.9. The molecule has 0 aliphatic heterocycles. The monoisotopic (exact) mass is 377 g/mol. The maximum atomic E-state index is 12.3. The van der Waals surface area contributed by atoms with E-state index in [2.05, 4.69) is 31.2 Å². The van der Waals surface area contributed by atoms with Crippen molar-refractivity contribution in [2.75, 3.05) is 5.32 Å². The molecule has 0 saturated carbocycles. The summed E-state index contributed by atoms with van der Waals surface area (Å²) in [4.78, 5) is 21.8. The summed E-state index contributed by atoms with van der Waals surface area (Å²) in [5.74, 6) is 0.654. The van der Waals surface area contributed by atoms with Crippen LogP contribution in [0.1, 0.15) is 29.2 Å². The highest BCUT2D eigenvalue weighted by molar-refractivity contribution is 9.10. The smallest absolute Gasteiger partial charge is 0.259 e. The van der Waals surface area contributed by atoms with Crippen molar-refractivity contribution < 1.29 is 0 Å². The van der Waals surface area contributed by atoms with Crippen LogP contribution in [0.3, 0.4) is 0 Å². The Balaban J connectivity index is 1.95. The van der Waals surface area contributed by atoms with Gasteiger partial charge in [-0.05, 0) is 50.6 Å². The standard InChI is InChI=1S/C16H16BrN3OS/c1-8-10(3)22-16-13(8)15(21)19-14(20-16)9(2)18-12-6-4-11(17)5-7-12/h4-7,9,18H,1-3H3,(H,19,20,21)/t9-/m1/s1. The maximum Gasteiger partial charge on any atom is 0.259 e. The first-order chi connectivity index (χ1) is 10.5. The van der Waals surface area contributed by atoms with Gasteiger partial charge in [0, 0.05) is 15.0 Å². The molecule has 1 aromatic carbocycles. The number of halogens is 1. The molecule has 6 heteroatoms. The van der Waals surface area contributed by atoms with Gasteiger partial charge >= 0.3 is 0 Å². The van der Waals surface area contributed by atoms with Crippen LogP contribution in [0, 0.1) is 13.8 Å². The van der Waals surface area contributed by atoms with Gasteiger partial charge in [0.1, 0.15) is 10.7 Å². The van der Waals surface area contributed by atoms with Crippen LogP contribution in [0.2, 0.25) is 0 Å². The number of benzene rings is 1. The van der Waals surface area contributed by atoms with E-state index >= 15 is 0 Å². The average molecular weight is 378 g/mol. The molecule has 2 aromatic heterocycles. The SMILES string of the molecule is Cc1sc2nc([C@@H](C)Nc3ccc(Br)cc3)[nH]c(=O)c2c1C. The number of rotatable bonds is 3. The third-order valence-corrected chi connectivity index (χ3v) is 5.32. The minimum absolute atomic E-state index is 0.0636. The summed E-state index contributed by atoms with van der Waals surface area (Å²) >= 11 is 4.98. The number of aryl methyl sites for hydroxylation is 2. The van der Waals surface area contributed by atoms with Gasteiger partial charge in [-0.15, -0.1) is 11.3 Å². The van der Waals surface area contributed by atoms with Gasteiger partial charge in [-0.3, -0.25) is 4.79 Å². The number of aromatic amines is 1. The third-order valence-electron chi connectivity index (χ3n) is 3.69. The fourth-order valence-corrected chi connectivity index (χ4v) is 3.64. The highest BCUT2D eigenvalue weighted by Gasteiger charge is 2.15. The lowest BCUT2D eigenvalue weighted by molar-refractivity contribution is 0.792. The summed E-state index contributed by atoms with van der Waals surface area (Å²) in [6, 6.07) is 7.83. The lowest BCUT2D eigenvalue weighted by Gasteiger charge is -2.14. The van der Waals surface area contributed by atoms with Crippen molar-refractivity contribution >= 4 is 43.2 Å². The lowest BCUT2D eigenvalue weighted by Crippen LogP contribution is -2.17. The Labute approximate surface area is 140 Å². The van der Waals surface area contributed by atoms with Crippen LogP contribution in [0.25, 0.3) is 10.2 Å². The Hall–Kier alpha value is -1.66. The van der Waals surface area contributed by atoms with Crippen LogP contribution in [-0.2, 0) is 0 Å². The number of nitrogens with one attached hydrogen (secondary N) is 2. The Kier molecular flexibility index (Phi) is 4.06. The van der Waals surface area contributed by atoms with Crippen LogP contribution < -0.4 is 10.9 Å². The van der Waals surface area contributed by atoms with Crippen LogP contribution in [0.15, 0.2) is 33.5 Å². The normalized spacial score (nSPS) is 12.5. The van der Waals surface area contributed by atoms with E-state index in [9.17, 15) is 4.79 Å². The van der Waals surface area contributed by atoms with Crippen molar-refractivity contribution in [3.05, 3.63) is 55.4 Å². The molecule has 1 atom stereocenters. The zero-order valence-electron chi connectivity index (χ0n) is 12.5. The summed E-state index contributed by atoms with van der Waals surface area (Å²) < 4.78 is 1.03. The fraction of sp³-hybridized carbons (Fsp3) is 0.250. The number of aromatic nitrogens is 2. The predicted octanol–water partition coefficient (Wildman–Crippen LogP) is 4.54. The van der Waals surface area contributed by atoms with Crippen molar-refractivity contribution in [1.29, 1.82) is 0 Å². The highest BCUT2D eigenvalue weighted by atomic mass is 79.9. The molecule has 0 spiro atoms. The molecule has 4 nitrogen and oxygen atoms in total. The van der Waals surface area contributed by atoms with Gasteiger partial charge in [-0.1, -0.05) is 15.9 Å². The molecule has 0 saturated heterocycles. The molecule has 0 aliphatic carbocycles. The summed E-state index contributed by atoms with van der Waals surface area (Å²) in [7, 11) is 0. The van der Waals surface area contributed by atoms with E-state index in [1.165, 1.54) is 0 Å². The van der Waals surface area contributed by atoms with Crippen LogP contribution in [0.5, 0.6) is 0 Å². The van der Waals surface area contributed by atoms with Crippen LogP contribution in [-0.4, -0.2) is 9.97 Å². The number of H-pyrrole nitrogens is 1. The van der Waals surface area contributed by atoms with E-state index in [-0.39, 0.29) is 11.6 Å². The largest absolute Gasteiger partial charge is 0.375 e. The first kappa shape index (κ1) is 15.2. The molecule has 2 N–H and O–H groups in total. The van der Waals surface area contributed by atoms with E-state index in [0.717, 1.165) is 25.4 Å². The van der Waals surface area contributed by atoms with E-state index in [1.807, 2.05) is 45.0 Å². The van der Waals surface area contributed by atoms with Gasteiger partial charge in [0.25, 0.3) is 5.56 Å². The maximum absolute atomic E-state index is 12.3. The molecule has 2 heterocycles. The minimum Gasteiger partial charge on any atom is -0.375 e. The number of fused-ring (bicyclic) bond motifs is 1. The number of anilines is 1. The van der Waals surface area contributed by atoms with Gasteiger partial charge in [-0.2, -0.15) is 0 Å². The quantitative estimate of drug-likeness (QED) is 0.704. The van der Waals surface area contributed by atoms with Crippen molar-refractivity contribution in [3.8, 4) is 0 Å². The summed E-state index contributed by atoms with van der Waals surface area (Å²) in [5.41, 5.74) is 1.94. The first-order valence-electron chi connectivity index (χ1n) is 6.97. The highest BCUT2D eigenvalue weighted by Crippen LogP contribution is 2.27. The second-order valence-electron chi connectivity index (χ2n) is 5.29. The minimum atomic E-state index is -0.0824. The van der Waals surface area contributed by atoms with E-state index in [0.29, 0.717) is 11.2 Å². The number of nitrogens with zero attached hydrogens (tertiary/aromatic N) is 1. The molecule has 0 radical (unpaired) electrons. The number of hydrogen-bond donors (Lipinski definition) is 2. The molecule has 0 fully saturated rings. The lowest BCUT2D eigenvalue weighted by atomic mass is 10.2. The van der Waals surface area contributed by atoms with E-state index in [1.54, 1.807) is 11.3 Å². The van der Waals surface area contributed by atoms with Crippen molar-refractivity contribution in [2.24, 2.45) is 0 Å². The average Bonchev–Trinajstić information content (AvgIpc) is 2.77. The molecule has 3 aromatic rings. The molecule has 0 unspecified atom stereocenters. The fourth-order valence-electron chi connectivity index (χ4n) is 2.34. The molecule has 0 amide bonds. The predicted molar refractivity (Wildman–Crippen MR) is 95.9 cm³/mol. The first-order valence-corrected chi connectivity index (χ1v) is 8.58. The van der Waals surface area contributed by atoms with Gasteiger partial charge in [0.2, 0.25) is 0 Å². The van der Waals surface area contributed by atoms with Crippen LogP contribution in [0.4, 0.5) is 5.69 Å². The molecular weight excluding hydrogens is 362 g/mol. The Morgan fingerprint density at radius 1 is 1.27 bits per heavy atom. The molecule has 0 aliphatic rings. The van der Waals surface area contributed by atoms with Gasteiger partial charge < -0.3 is 10.3 Å². The molecular formula is C16H16BrN3OS. The Bertz CT molecular complexity index is 883. The van der Waals surface area contributed by atoms with Crippen molar-refractivity contribution in [3.63, 3.8) is 0 Å². The number of hydrogen-bond acceptors (Lipinski definition) is 4. The van der Waals surface area contributed by atoms with Crippen molar-refractivity contribution in [1.82, 2.24) is 9.97 Å². The number of thiophene rings is 1. The molecule has 3 rings (SSSR count). The Morgan fingerprint density at radius 3 is 2.64 bits per heavy atom. The van der Waals surface area contributed by atoms with Crippen molar-refractivity contribution in [2.45, 2.75) is 26.8 Å². The second kappa shape index (κ2) is 5.85. The summed E-state index contributed by atoms with van der Waals surface area (Å²) in [5, 5.41) is 4.06. The van der Waals surface area contributed by atoms with E-state index in [4.69, 9.17) is 0 Å². The summed E-state index contributed by atoms with van der Waals surface area (Å²) in [6.07, 6.45) is 0. The van der Waals surface area contributed by atoms with Gasteiger partial charge in [0.05, 0.1) is 11.4 Å². The summed E-state index contributed by atoms with van der Waals surface area (Å²) in [6.45, 7) is 5.97. The van der Waals surface area contributed by atoms with Crippen LogP contribution >= 0.6 is 27.3 Å². The van der Waals surface area contributed by atoms with Gasteiger partial charge in [0.15, 0.2) is 0 Å². The van der Waals surface area contributed by atoms with Gasteiger partial charge in [-0.25, -0.2) is 4.98 Å². The zero-order chi connectivity index (χ0) is 15.9. The third kappa shape index (κ3) is 2.80. The molecule has 22 heavy (non-hydrogen) atoms.